The Kier molecular flexibility index (Phi) is 4.86. The van der Waals surface area contributed by atoms with Crippen molar-refractivity contribution in [2.75, 3.05) is 13.1 Å². The van der Waals surface area contributed by atoms with Crippen molar-refractivity contribution in [2.24, 2.45) is 0 Å². The van der Waals surface area contributed by atoms with Crippen LogP contribution in [-0.4, -0.2) is 57.6 Å². The van der Waals surface area contributed by atoms with Crippen molar-refractivity contribution < 1.29 is 14.4 Å². The van der Waals surface area contributed by atoms with Gasteiger partial charge < -0.3 is 14.7 Å². The molecule has 0 aliphatic carbocycles. The molecule has 2 unspecified atom stereocenters. The van der Waals surface area contributed by atoms with E-state index in [0.29, 0.717) is 13.1 Å². The van der Waals surface area contributed by atoms with E-state index in [1.54, 1.807) is 16.7 Å². The first-order valence-corrected chi connectivity index (χ1v) is 9.51. The smallest absolute Gasteiger partial charge is 0.248 e. The van der Waals surface area contributed by atoms with Gasteiger partial charge in [-0.3, -0.25) is 14.4 Å². The van der Waals surface area contributed by atoms with Crippen molar-refractivity contribution in [3.05, 3.63) is 71.8 Å². The number of rotatable bonds is 4. The molecule has 0 radical (unpaired) electrons. The molecule has 2 aromatic rings. The van der Waals surface area contributed by atoms with Crippen molar-refractivity contribution in [1.29, 1.82) is 0 Å². The fourth-order valence-corrected chi connectivity index (χ4v) is 4.04. The first-order chi connectivity index (χ1) is 13.5. The molecule has 144 valence electrons. The van der Waals surface area contributed by atoms with Gasteiger partial charge in [0.25, 0.3) is 0 Å². The van der Waals surface area contributed by atoms with Gasteiger partial charge in [-0.05, 0) is 18.1 Å². The average molecular weight is 377 g/mol. The SMILES string of the molecule is CC1C(=O)N(Cc2ccccc2)CC2C(=O)N(Cc3ccccc3)CC(=O)N12. The molecular weight excluding hydrogens is 354 g/mol. The Labute approximate surface area is 164 Å². The minimum atomic E-state index is -0.627. The summed E-state index contributed by atoms with van der Waals surface area (Å²) in [6.07, 6.45) is 0. The molecule has 2 heterocycles. The number of fused-ring (bicyclic) bond motifs is 1. The number of nitrogens with zero attached hydrogens (tertiary/aromatic N) is 3. The van der Waals surface area contributed by atoms with Crippen molar-refractivity contribution in [3.63, 3.8) is 0 Å². The quantitative estimate of drug-likeness (QED) is 0.814. The third-order valence-corrected chi connectivity index (χ3v) is 5.46. The lowest BCUT2D eigenvalue weighted by Gasteiger charge is -2.48. The van der Waals surface area contributed by atoms with E-state index in [4.69, 9.17) is 0 Å². The van der Waals surface area contributed by atoms with Gasteiger partial charge in [0, 0.05) is 13.1 Å². The molecule has 28 heavy (non-hydrogen) atoms. The summed E-state index contributed by atoms with van der Waals surface area (Å²) >= 11 is 0. The van der Waals surface area contributed by atoms with Gasteiger partial charge in [0.1, 0.15) is 18.6 Å². The van der Waals surface area contributed by atoms with E-state index in [-0.39, 0.29) is 30.8 Å². The van der Waals surface area contributed by atoms with E-state index < -0.39 is 12.1 Å². The van der Waals surface area contributed by atoms with Gasteiger partial charge in [0.2, 0.25) is 17.7 Å². The average Bonchev–Trinajstić information content (AvgIpc) is 2.71. The van der Waals surface area contributed by atoms with Crippen molar-refractivity contribution >= 4 is 17.7 Å². The number of carbonyl (C=O) groups excluding carboxylic acids is 3. The molecule has 0 spiro atoms. The summed E-state index contributed by atoms with van der Waals surface area (Å²) in [5.74, 6) is -0.376. The normalized spacial score (nSPS) is 22.5. The van der Waals surface area contributed by atoms with Crippen LogP contribution in [0.15, 0.2) is 60.7 Å². The predicted molar refractivity (Wildman–Crippen MR) is 104 cm³/mol. The van der Waals surface area contributed by atoms with Gasteiger partial charge in [-0.2, -0.15) is 0 Å². The molecule has 3 amide bonds. The highest BCUT2D eigenvalue weighted by atomic mass is 16.2. The molecule has 2 aliphatic rings. The fraction of sp³-hybridized carbons (Fsp3) is 0.318. The third-order valence-electron chi connectivity index (χ3n) is 5.46. The molecule has 2 fully saturated rings. The Bertz CT molecular complexity index is 884. The van der Waals surface area contributed by atoms with Gasteiger partial charge in [0.05, 0.1) is 6.54 Å². The molecule has 0 saturated carbocycles. The van der Waals surface area contributed by atoms with Gasteiger partial charge in [-0.15, -0.1) is 0 Å². The van der Waals surface area contributed by atoms with Crippen molar-refractivity contribution in [2.45, 2.75) is 32.1 Å². The van der Waals surface area contributed by atoms with E-state index in [0.717, 1.165) is 11.1 Å². The van der Waals surface area contributed by atoms with E-state index in [1.807, 2.05) is 60.7 Å². The lowest BCUT2D eigenvalue weighted by molar-refractivity contribution is -0.170. The van der Waals surface area contributed by atoms with E-state index in [9.17, 15) is 14.4 Å². The van der Waals surface area contributed by atoms with Crippen LogP contribution in [0.5, 0.6) is 0 Å². The maximum Gasteiger partial charge on any atom is 0.248 e. The van der Waals surface area contributed by atoms with Crippen LogP contribution < -0.4 is 0 Å². The highest BCUT2D eigenvalue weighted by molar-refractivity contribution is 5.99. The minimum absolute atomic E-state index is 0.0144. The Hall–Kier alpha value is -3.15. The number of hydrogen-bond donors (Lipinski definition) is 0. The highest BCUT2D eigenvalue weighted by Crippen LogP contribution is 2.25. The first-order valence-electron chi connectivity index (χ1n) is 9.51. The van der Waals surface area contributed by atoms with Crippen molar-refractivity contribution in [1.82, 2.24) is 14.7 Å². The van der Waals surface area contributed by atoms with Gasteiger partial charge in [-0.25, -0.2) is 0 Å². The summed E-state index contributed by atoms with van der Waals surface area (Å²) < 4.78 is 0. The standard InChI is InChI=1S/C22H23N3O3/c1-16-21(27)23(12-17-8-4-2-5-9-17)14-19-22(28)24(15-20(26)25(16)19)13-18-10-6-3-7-11-18/h2-11,16,19H,12-15H2,1H3. The Morgan fingerprint density at radius 1 is 0.786 bits per heavy atom. The van der Waals surface area contributed by atoms with E-state index >= 15 is 0 Å². The van der Waals surface area contributed by atoms with Crippen LogP contribution in [0.2, 0.25) is 0 Å². The summed E-state index contributed by atoms with van der Waals surface area (Å²) in [6, 6.07) is 18.1. The largest absolute Gasteiger partial charge is 0.334 e. The van der Waals surface area contributed by atoms with Crippen LogP contribution in [0.4, 0.5) is 0 Å². The van der Waals surface area contributed by atoms with E-state index in [1.165, 1.54) is 4.90 Å². The Morgan fingerprint density at radius 3 is 1.89 bits per heavy atom. The first kappa shape index (κ1) is 18.2. The maximum absolute atomic E-state index is 13.2. The molecule has 0 bridgehead atoms. The van der Waals surface area contributed by atoms with Gasteiger partial charge in [-0.1, -0.05) is 60.7 Å². The summed E-state index contributed by atoms with van der Waals surface area (Å²) in [5, 5.41) is 0. The Balaban J connectivity index is 1.55. The highest BCUT2D eigenvalue weighted by Gasteiger charge is 2.48. The van der Waals surface area contributed by atoms with Crippen LogP contribution in [0.3, 0.4) is 0 Å². The van der Waals surface area contributed by atoms with Gasteiger partial charge >= 0.3 is 0 Å². The molecule has 2 aliphatic heterocycles. The number of hydrogen-bond acceptors (Lipinski definition) is 3. The second-order valence-corrected chi connectivity index (χ2v) is 7.38. The van der Waals surface area contributed by atoms with Gasteiger partial charge in [0.15, 0.2) is 0 Å². The summed E-state index contributed by atoms with van der Waals surface area (Å²) in [6.45, 7) is 2.80. The van der Waals surface area contributed by atoms with E-state index in [2.05, 4.69) is 0 Å². The zero-order valence-electron chi connectivity index (χ0n) is 15.8. The number of carbonyl (C=O) groups is 3. The molecular formula is C22H23N3O3. The molecule has 0 aromatic heterocycles. The molecule has 6 nitrogen and oxygen atoms in total. The monoisotopic (exact) mass is 377 g/mol. The van der Waals surface area contributed by atoms with Crippen LogP contribution >= 0.6 is 0 Å². The molecule has 2 aromatic carbocycles. The van der Waals surface area contributed by atoms with Crippen LogP contribution in [-0.2, 0) is 27.5 Å². The number of benzene rings is 2. The molecule has 2 saturated heterocycles. The molecule has 6 heteroatoms. The van der Waals surface area contributed by atoms with Crippen molar-refractivity contribution in [3.8, 4) is 0 Å². The zero-order valence-corrected chi connectivity index (χ0v) is 15.8. The molecule has 0 N–H and O–H groups in total. The topological polar surface area (TPSA) is 60.9 Å². The third kappa shape index (κ3) is 3.38. The van der Waals surface area contributed by atoms with Crippen LogP contribution in [0, 0.1) is 0 Å². The van der Waals surface area contributed by atoms with Crippen LogP contribution in [0.25, 0.3) is 0 Å². The minimum Gasteiger partial charge on any atom is -0.334 e. The van der Waals surface area contributed by atoms with Crippen LogP contribution in [0.1, 0.15) is 18.1 Å². The maximum atomic E-state index is 13.2. The number of piperazine rings is 2. The fourth-order valence-electron chi connectivity index (χ4n) is 4.04. The summed E-state index contributed by atoms with van der Waals surface area (Å²) in [4.78, 5) is 43.5. The molecule has 2 atom stereocenters. The zero-order chi connectivity index (χ0) is 19.7. The second-order valence-electron chi connectivity index (χ2n) is 7.38. The number of amides is 3. The summed E-state index contributed by atoms with van der Waals surface area (Å²) in [5.41, 5.74) is 1.99. The second kappa shape index (κ2) is 7.46. The lowest BCUT2D eigenvalue weighted by atomic mass is 10.00. The Morgan fingerprint density at radius 2 is 1.32 bits per heavy atom. The molecule has 4 rings (SSSR count). The lowest BCUT2D eigenvalue weighted by Crippen LogP contribution is -2.70. The predicted octanol–water partition coefficient (Wildman–Crippen LogP) is 1.66. The summed E-state index contributed by atoms with van der Waals surface area (Å²) in [7, 11) is 0.